The Morgan fingerprint density at radius 3 is 2.36 bits per heavy atom. The highest BCUT2D eigenvalue weighted by Gasteiger charge is 2.30. The number of amides is 1. The molecule has 0 radical (unpaired) electrons. The van der Waals surface area contributed by atoms with Crippen LogP contribution in [0.15, 0.2) is 72.9 Å². The summed E-state index contributed by atoms with van der Waals surface area (Å²) in [5.41, 5.74) is 7.38. The molecule has 0 saturated carbocycles. The highest BCUT2D eigenvalue weighted by Crippen LogP contribution is 2.44. The summed E-state index contributed by atoms with van der Waals surface area (Å²) in [6, 6.07) is 21.0. The lowest BCUT2D eigenvalue weighted by atomic mass is 9.98. The number of carboxylic acids is 1. The van der Waals surface area contributed by atoms with Crippen LogP contribution >= 0.6 is 0 Å². The first-order valence-corrected chi connectivity index (χ1v) is 10.9. The van der Waals surface area contributed by atoms with Gasteiger partial charge in [-0.05, 0) is 46.4 Å². The minimum absolute atomic E-state index is 0.0803. The first-order valence-electron chi connectivity index (χ1n) is 10.9. The molecule has 0 aliphatic heterocycles. The zero-order chi connectivity index (χ0) is 22.9. The molecule has 3 N–H and O–H groups in total. The average molecular weight is 440 g/mol. The lowest BCUT2D eigenvalue weighted by molar-refractivity contribution is -0.139. The van der Waals surface area contributed by atoms with Gasteiger partial charge in [0.15, 0.2) is 0 Å². The predicted octanol–water partition coefficient (Wildman–Crippen LogP) is 5.01. The van der Waals surface area contributed by atoms with E-state index < -0.39 is 18.1 Å². The Morgan fingerprint density at radius 1 is 1.03 bits per heavy atom. The van der Waals surface area contributed by atoms with E-state index in [9.17, 15) is 14.7 Å². The number of benzene rings is 3. The van der Waals surface area contributed by atoms with Crippen molar-refractivity contribution in [1.29, 1.82) is 0 Å². The van der Waals surface area contributed by atoms with Crippen molar-refractivity contribution in [3.05, 3.63) is 95.2 Å². The van der Waals surface area contributed by atoms with E-state index in [1.165, 1.54) is 0 Å². The van der Waals surface area contributed by atoms with Gasteiger partial charge in [-0.15, -0.1) is 0 Å². The molecule has 0 unspecified atom stereocenters. The maximum Gasteiger partial charge on any atom is 0.407 e. The standard InChI is InChI=1S/C27H24N2O4/c1-16-10-11-18-17(14-28-24(18)12-16)13-25(26(30)31)29-27(32)33-15-23-21-8-4-2-6-19(21)20-7-3-5-9-22(20)23/h2-12,14,23,25,28H,13,15H2,1H3,(H,29,32)(H,30,31)/t25-/m0/s1. The molecule has 1 aliphatic carbocycles. The van der Waals surface area contributed by atoms with E-state index in [-0.39, 0.29) is 18.9 Å². The monoisotopic (exact) mass is 440 g/mol. The van der Waals surface area contributed by atoms with E-state index in [0.29, 0.717) is 0 Å². The second kappa shape index (κ2) is 8.47. The minimum atomic E-state index is -1.11. The van der Waals surface area contributed by atoms with Gasteiger partial charge in [-0.2, -0.15) is 0 Å². The molecule has 0 spiro atoms. The molecule has 1 aromatic heterocycles. The number of aryl methyl sites for hydroxylation is 1. The van der Waals surface area contributed by atoms with Crippen LogP contribution in [0.2, 0.25) is 0 Å². The van der Waals surface area contributed by atoms with E-state index >= 15 is 0 Å². The number of hydrogen-bond donors (Lipinski definition) is 3. The number of aliphatic carboxylic acids is 1. The fourth-order valence-corrected chi connectivity index (χ4v) is 4.67. The Morgan fingerprint density at radius 2 is 1.70 bits per heavy atom. The van der Waals surface area contributed by atoms with Crippen molar-refractivity contribution in [3.8, 4) is 11.1 Å². The van der Waals surface area contributed by atoms with Gasteiger partial charge in [-0.25, -0.2) is 9.59 Å². The van der Waals surface area contributed by atoms with Crippen LogP contribution in [0, 0.1) is 6.92 Å². The van der Waals surface area contributed by atoms with E-state index in [2.05, 4.69) is 22.4 Å². The number of hydrogen-bond acceptors (Lipinski definition) is 3. The first-order chi connectivity index (χ1) is 16.0. The van der Waals surface area contributed by atoms with Crippen LogP contribution in [0.5, 0.6) is 0 Å². The number of ether oxygens (including phenoxy) is 1. The van der Waals surface area contributed by atoms with Crippen molar-refractivity contribution < 1.29 is 19.4 Å². The molecule has 3 aromatic carbocycles. The van der Waals surface area contributed by atoms with Crippen LogP contribution < -0.4 is 5.32 Å². The molecule has 1 atom stereocenters. The average Bonchev–Trinajstić information content (AvgIpc) is 3.35. The summed E-state index contributed by atoms with van der Waals surface area (Å²) < 4.78 is 5.52. The minimum Gasteiger partial charge on any atom is -0.480 e. The maximum atomic E-state index is 12.6. The van der Waals surface area contributed by atoms with Gasteiger partial charge in [0.1, 0.15) is 12.6 Å². The van der Waals surface area contributed by atoms with Gasteiger partial charge in [-0.3, -0.25) is 0 Å². The number of fused-ring (bicyclic) bond motifs is 4. The molecule has 1 heterocycles. The van der Waals surface area contributed by atoms with Gasteiger partial charge in [0.05, 0.1) is 0 Å². The zero-order valence-corrected chi connectivity index (χ0v) is 18.2. The van der Waals surface area contributed by atoms with Crippen molar-refractivity contribution >= 4 is 23.0 Å². The lowest BCUT2D eigenvalue weighted by Gasteiger charge is -2.17. The Bertz CT molecular complexity index is 1310. The number of nitrogens with one attached hydrogen (secondary N) is 2. The molecule has 6 nitrogen and oxygen atoms in total. The van der Waals surface area contributed by atoms with Crippen LogP contribution in [0.25, 0.3) is 22.0 Å². The van der Waals surface area contributed by atoms with E-state index in [0.717, 1.165) is 44.3 Å². The quantitative estimate of drug-likeness (QED) is 0.393. The number of carboxylic acid groups (broad SMARTS) is 1. The molecule has 1 amide bonds. The Labute approximate surface area is 191 Å². The number of aromatic nitrogens is 1. The van der Waals surface area contributed by atoms with Crippen molar-refractivity contribution in [3.63, 3.8) is 0 Å². The van der Waals surface area contributed by atoms with E-state index in [4.69, 9.17) is 4.74 Å². The van der Waals surface area contributed by atoms with Crippen molar-refractivity contribution in [2.75, 3.05) is 6.61 Å². The van der Waals surface area contributed by atoms with Crippen molar-refractivity contribution in [2.24, 2.45) is 0 Å². The third-order valence-corrected chi connectivity index (χ3v) is 6.28. The third kappa shape index (κ3) is 3.96. The second-order valence-electron chi connectivity index (χ2n) is 8.43. The number of aromatic amines is 1. The fraction of sp³-hybridized carbons (Fsp3) is 0.185. The molecule has 5 rings (SSSR count). The zero-order valence-electron chi connectivity index (χ0n) is 18.2. The van der Waals surface area contributed by atoms with Gasteiger partial charge in [0.2, 0.25) is 0 Å². The SMILES string of the molecule is Cc1ccc2c(C[C@H](NC(=O)OCC3c4ccccc4-c4ccccc43)C(=O)O)c[nH]c2c1. The van der Waals surface area contributed by atoms with Gasteiger partial charge >= 0.3 is 12.1 Å². The number of carbonyl (C=O) groups is 2. The summed E-state index contributed by atoms with van der Waals surface area (Å²) in [6.45, 7) is 2.14. The molecule has 6 heteroatoms. The van der Waals surface area contributed by atoms with Gasteiger partial charge in [0.25, 0.3) is 0 Å². The fourth-order valence-electron chi connectivity index (χ4n) is 4.67. The van der Waals surface area contributed by atoms with Crippen LogP contribution in [0.3, 0.4) is 0 Å². The lowest BCUT2D eigenvalue weighted by Crippen LogP contribution is -2.42. The predicted molar refractivity (Wildman–Crippen MR) is 126 cm³/mol. The molecule has 33 heavy (non-hydrogen) atoms. The largest absolute Gasteiger partial charge is 0.480 e. The molecule has 4 aromatic rings. The molecule has 0 saturated heterocycles. The Balaban J connectivity index is 1.28. The molecular formula is C27H24N2O4. The first kappa shape index (κ1) is 20.8. The van der Waals surface area contributed by atoms with Gasteiger partial charge in [0, 0.05) is 29.4 Å². The number of alkyl carbamates (subject to hydrolysis) is 1. The highest BCUT2D eigenvalue weighted by atomic mass is 16.5. The Hall–Kier alpha value is -4.06. The Kier molecular flexibility index (Phi) is 5.34. The van der Waals surface area contributed by atoms with E-state index in [1.54, 1.807) is 6.20 Å². The van der Waals surface area contributed by atoms with Crippen LogP contribution in [-0.2, 0) is 16.0 Å². The molecule has 0 fully saturated rings. The number of H-pyrrole nitrogens is 1. The number of carbonyl (C=O) groups excluding carboxylic acids is 1. The second-order valence-corrected chi connectivity index (χ2v) is 8.43. The third-order valence-electron chi connectivity index (χ3n) is 6.28. The normalized spacial score (nSPS) is 13.4. The summed E-state index contributed by atoms with van der Waals surface area (Å²) >= 11 is 0. The van der Waals surface area contributed by atoms with Crippen molar-refractivity contribution in [2.45, 2.75) is 25.3 Å². The maximum absolute atomic E-state index is 12.6. The molecule has 1 aliphatic rings. The van der Waals surface area contributed by atoms with E-state index in [1.807, 2.05) is 61.5 Å². The van der Waals surface area contributed by atoms with Gasteiger partial charge < -0.3 is 20.1 Å². The highest BCUT2D eigenvalue weighted by molar-refractivity contribution is 5.86. The molecule has 0 bridgehead atoms. The van der Waals surface area contributed by atoms with Crippen LogP contribution in [0.4, 0.5) is 4.79 Å². The molecule has 166 valence electrons. The molecular weight excluding hydrogens is 416 g/mol. The van der Waals surface area contributed by atoms with Gasteiger partial charge in [-0.1, -0.05) is 60.7 Å². The van der Waals surface area contributed by atoms with Crippen molar-refractivity contribution in [1.82, 2.24) is 10.3 Å². The summed E-state index contributed by atoms with van der Waals surface area (Å²) in [5, 5.41) is 13.2. The number of rotatable bonds is 6. The summed E-state index contributed by atoms with van der Waals surface area (Å²) in [7, 11) is 0. The summed E-state index contributed by atoms with van der Waals surface area (Å²) in [4.78, 5) is 27.6. The summed E-state index contributed by atoms with van der Waals surface area (Å²) in [5.74, 6) is -1.19. The smallest absolute Gasteiger partial charge is 0.407 e. The van der Waals surface area contributed by atoms with Crippen LogP contribution in [0.1, 0.15) is 28.2 Å². The van der Waals surface area contributed by atoms with Crippen LogP contribution in [-0.4, -0.2) is 34.8 Å². The topological polar surface area (TPSA) is 91.4 Å². The summed E-state index contributed by atoms with van der Waals surface area (Å²) in [6.07, 6.45) is 1.21.